The molecule has 1 heterocycles. The second-order valence-electron chi connectivity index (χ2n) is 7.94. The summed E-state index contributed by atoms with van der Waals surface area (Å²) in [7, 11) is 7.81. The molecule has 0 bridgehead atoms. The number of rotatable bonds is 5. The van der Waals surface area contributed by atoms with E-state index in [0.717, 1.165) is 22.5 Å². The zero-order valence-electron chi connectivity index (χ0n) is 17.8. The summed E-state index contributed by atoms with van der Waals surface area (Å²) in [4.78, 5) is 27.6. The quantitative estimate of drug-likeness (QED) is 0.352. The number of carbonyl (C=O) groups excluding carboxylic acids is 1. The Morgan fingerprint density at radius 3 is 1.71 bits per heavy atom. The van der Waals surface area contributed by atoms with Gasteiger partial charge in [-0.15, -0.1) is 0 Å². The maximum atomic E-state index is 12.9. The Balaban J connectivity index is 1.95. The first-order valence-corrected chi connectivity index (χ1v) is 9.82. The highest BCUT2D eigenvalue weighted by atomic mass is 16.6. The van der Waals surface area contributed by atoms with Crippen molar-refractivity contribution in [1.82, 2.24) is 0 Å². The first-order chi connectivity index (χ1) is 14.7. The average molecular weight is 417 g/mol. The number of nitro benzene ring substituents is 1. The van der Waals surface area contributed by atoms with Crippen LogP contribution in [0.25, 0.3) is 0 Å². The first-order valence-electron chi connectivity index (χ1n) is 9.82. The normalized spacial score (nSPS) is 14.0. The largest absolute Gasteiger partial charge is 0.441 e. The van der Waals surface area contributed by atoms with Gasteiger partial charge in [0.15, 0.2) is 5.60 Å². The molecule has 0 saturated heterocycles. The predicted octanol–water partition coefficient (Wildman–Crippen LogP) is 4.19. The Bertz CT molecular complexity index is 1100. The molecular formula is C24H23N3O4. The van der Waals surface area contributed by atoms with E-state index in [1.165, 1.54) is 12.1 Å². The van der Waals surface area contributed by atoms with Crippen LogP contribution in [0.3, 0.4) is 0 Å². The second kappa shape index (κ2) is 7.43. The highest BCUT2D eigenvalue weighted by Gasteiger charge is 2.49. The van der Waals surface area contributed by atoms with Crippen LogP contribution in [0.4, 0.5) is 17.1 Å². The minimum absolute atomic E-state index is 0.141. The number of esters is 1. The summed E-state index contributed by atoms with van der Waals surface area (Å²) in [5.41, 5.74) is 3.05. The van der Waals surface area contributed by atoms with Gasteiger partial charge in [-0.25, -0.2) is 4.79 Å². The topological polar surface area (TPSA) is 75.9 Å². The number of non-ortho nitro benzene ring substituents is 1. The van der Waals surface area contributed by atoms with Gasteiger partial charge in [0.05, 0.1) is 10.5 Å². The molecule has 0 spiro atoms. The van der Waals surface area contributed by atoms with E-state index in [-0.39, 0.29) is 11.3 Å². The van der Waals surface area contributed by atoms with Gasteiger partial charge in [-0.2, -0.15) is 0 Å². The number of benzene rings is 3. The lowest BCUT2D eigenvalue weighted by Crippen LogP contribution is -2.29. The van der Waals surface area contributed by atoms with E-state index < -0.39 is 16.5 Å². The summed E-state index contributed by atoms with van der Waals surface area (Å²) in [5, 5.41) is 11.3. The third-order valence-corrected chi connectivity index (χ3v) is 5.64. The summed E-state index contributed by atoms with van der Waals surface area (Å²) in [6, 6.07) is 19.9. The number of carbonyl (C=O) groups is 1. The van der Waals surface area contributed by atoms with Gasteiger partial charge < -0.3 is 14.5 Å². The molecule has 0 N–H and O–H groups in total. The molecule has 31 heavy (non-hydrogen) atoms. The monoisotopic (exact) mass is 417 g/mol. The van der Waals surface area contributed by atoms with Crippen molar-refractivity contribution in [3.05, 3.63) is 99.1 Å². The molecule has 1 aliphatic rings. The van der Waals surface area contributed by atoms with E-state index in [0.29, 0.717) is 5.56 Å². The molecule has 7 nitrogen and oxygen atoms in total. The molecule has 158 valence electrons. The molecule has 0 unspecified atom stereocenters. The zero-order valence-corrected chi connectivity index (χ0v) is 17.8. The van der Waals surface area contributed by atoms with Crippen molar-refractivity contribution in [2.45, 2.75) is 5.60 Å². The lowest BCUT2D eigenvalue weighted by molar-refractivity contribution is -0.384. The van der Waals surface area contributed by atoms with Gasteiger partial charge in [-0.3, -0.25) is 10.1 Å². The van der Waals surface area contributed by atoms with E-state index in [2.05, 4.69) is 0 Å². The summed E-state index contributed by atoms with van der Waals surface area (Å²) < 4.78 is 6.04. The van der Waals surface area contributed by atoms with Gasteiger partial charge in [0.25, 0.3) is 5.69 Å². The number of hydrogen-bond acceptors (Lipinski definition) is 6. The van der Waals surface area contributed by atoms with E-state index in [1.807, 2.05) is 86.5 Å². The summed E-state index contributed by atoms with van der Waals surface area (Å²) in [6.45, 7) is 0. The maximum Gasteiger partial charge on any atom is 0.340 e. The summed E-state index contributed by atoms with van der Waals surface area (Å²) in [5.74, 6) is -0.577. The van der Waals surface area contributed by atoms with Crippen LogP contribution in [0.1, 0.15) is 27.0 Å². The Morgan fingerprint density at radius 1 is 0.806 bits per heavy atom. The maximum absolute atomic E-state index is 12.9. The summed E-state index contributed by atoms with van der Waals surface area (Å²) in [6.07, 6.45) is 0. The van der Waals surface area contributed by atoms with Crippen LogP contribution in [0.15, 0.2) is 66.7 Å². The number of anilines is 2. The number of fused-ring (bicyclic) bond motifs is 1. The fraction of sp³-hybridized carbons (Fsp3) is 0.208. The molecule has 0 aliphatic carbocycles. The second-order valence-corrected chi connectivity index (χ2v) is 7.94. The molecule has 7 heteroatoms. The van der Waals surface area contributed by atoms with Gasteiger partial charge in [-0.1, -0.05) is 24.3 Å². The van der Waals surface area contributed by atoms with Crippen molar-refractivity contribution in [2.24, 2.45) is 0 Å². The molecule has 3 aromatic rings. The van der Waals surface area contributed by atoms with E-state index in [9.17, 15) is 14.9 Å². The number of nitro groups is 1. The van der Waals surface area contributed by atoms with Gasteiger partial charge in [-0.05, 0) is 30.3 Å². The molecule has 0 radical (unpaired) electrons. The molecule has 0 saturated carbocycles. The van der Waals surface area contributed by atoms with Crippen molar-refractivity contribution in [2.75, 3.05) is 38.0 Å². The van der Waals surface area contributed by atoms with Crippen LogP contribution in [0, 0.1) is 10.1 Å². The number of nitrogens with zero attached hydrogens (tertiary/aromatic N) is 3. The molecular weight excluding hydrogens is 394 g/mol. The molecule has 0 atom stereocenters. The Labute approximate surface area is 180 Å². The molecule has 1 aliphatic heterocycles. The number of hydrogen-bond donors (Lipinski definition) is 0. The lowest BCUT2D eigenvalue weighted by Gasteiger charge is -2.31. The van der Waals surface area contributed by atoms with Gasteiger partial charge >= 0.3 is 5.97 Å². The molecule has 0 fully saturated rings. The minimum Gasteiger partial charge on any atom is -0.441 e. The zero-order chi connectivity index (χ0) is 22.3. The first kappa shape index (κ1) is 20.4. The van der Waals surface area contributed by atoms with Gasteiger partial charge in [0, 0.05) is 68.4 Å². The SMILES string of the molecule is CN(C)c1ccc(C2(c3ccc(N(C)C)cc3)OC(=O)c3cc([N+](=O)[O-])ccc32)cc1. The van der Waals surface area contributed by atoms with Crippen LogP contribution in [-0.4, -0.2) is 39.1 Å². The van der Waals surface area contributed by atoms with E-state index >= 15 is 0 Å². The van der Waals surface area contributed by atoms with Crippen molar-refractivity contribution < 1.29 is 14.5 Å². The van der Waals surface area contributed by atoms with Crippen molar-refractivity contribution in [3.63, 3.8) is 0 Å². The predicted molar refractivity (Wildman–Crippen MR) is 120 cm³/mol. The Hall–Kier alpha value is -3.87. The van der Waals surface area contributed by atoms with Crippen molar-refractivity contribution in [3.8, 4) is 0 Å². The summed E-state index contributed by atoms with van der Waals surface area (Å²) >= 11 is 0. The highest BCUT2D eigenvalue weighted by Crippen LogP contribution is 2.48. The smallest absolute Gasteiger partial charge is 0.340 e. The molecule has 0 amide bonds. The molecule has 3 aromatic carbocycles. The lowest BCUT2D eigenvalue weighted by atomic mass is 9.79. The van der Waals surface area contributed by atoms with Gasteiger partial charge in [0.2, 0.25) is 0 Å². The van der Waals surface area contributed by atoms with Crippen LogP contribution < -0.4 is 9.80 Å². The average Bonchev–Trinajstić information content (AvgIpc) is 3.06. The number of cyclic esters (lactones) is 1. The van der Waals surface area contributed by atoms with Crippen LogP contribution in [0.5, 0.6) is 0 Å². The van der Waals surface area contributed by atoms with E-state index in [4.69, 9.17) is 4.74 Å². The van der Waals surface area contributed by atoms with E-state index in [1.54, 1.807) is 6.07 Å². The fourth-order valence-electron chi connectivity index (χ4n) is 3.95. The van der Waals surface area contributed by atoms with Crippen molar-refractivity contribution in [1.29, 1.82) is 0 Å². The molecule has 4 rings (SSSR count). The van der Waals surface area contributed by atoms with Crippen LogP contribution in [0.2, 0.25) is 0 Å². The van der Waals surface area contributed by atoms with Crippen LogP contribution >= 0.6 is 0 Å². The third kappa shape index (κ3) is 3.28. The highest BCUT2D eigenvalue weighted by molar-refractivity contribution is 5.97. The number of ether oxygens (including phenoxy) is 1. The third-order valence-electron chi connectivity index (χ3n) is 5.64. The van der Waals surface area contributed by atoms with Gasteiger partial charge in [0.1, 0.15) is 0 Å². The fourth-order valence-corrected chi connectivity index (χ4v) is 3.95. The molecule has 0 aromatic heterocycles. The minimum atomic E-state index is -1.18. The standard InChI is InChI=1S/C24H23N3O4/c1-25(2)18-9-5-16(6-10-18)24(17-7-11-19(12-8-17)26(3)4)22-14-13-20(27(29)30)15-21(22)23(28)31-24/h5-15H,1-4H3. The Kier molecular flexibility index (Phi) is 4.89. The Morgan fingerprint density at radius 2 is 1.29 bits per heavy atom. The van der Waals surface area contributed by atoms with Crippen molar-refractivity contribution >= 4 is 23.0 Å². The van der Waals surface area contributed by atoms with Crippen LogP contribution in [-0.2, 0) is 10.3 Å².